The van der Waals surface area contributed by atoms with Crippen LogP contribution in [0.1, 0.15) is 153 Å². The van der Waals surface area contributed by atoms with E-state index >= 15 is 0 Å². The minimum atomic E-state index is -2.46. The predicted molar refractivity (Wildman–Crippen MR) is 295 cm³/mol. The van der Waals surface area contributed by atoms with Crippen LogP contribution >= 0.6 is 0 Å². The van der Waals surface area contributed by atoms with E-state index in [1.165, 1.54) is 19.1 Å². The lowest BCUT2D eigenvalue weighted by Crippen LogP contribution is -2.61. The number of allylic oxidation sites excluding steroid dienone is 6. The molecule has 78 heavy (non-hydrogen) atoms. The number of piperidine rings is 1. The molecule has 3 heterocycles. The molecule has 1 saturated carbocycles. The summed E-state index contributed by atoms with van der Waals surface area (Å²) in [4.78, 5) is 86.7. The van der Waals surface area contributed by atoms with Crippen molar-refractivity contribution >= 4 is 35.2 Å². The van der Waals surface area contributed by atoms with Gasteiger partial charge in [0.25, 0.3) is 11.7 Å². The van der Waals surface area contributed by atoms with E-state index in [2.05, 4.69) is 0 Å². The lowest BCUT2D eigenvalue weighted by molar-refractivity contribution is -0.265. The largest absolute Gasteiger partial charge is 0.460 e. The van der Waals surface area contributed by atoms with Crippen LogP contribution in [-0.4, -0.2) is 159 Å². The highest BCUT2D eigenvalue weighted by molar-refractivity contribution is 6.39. The number of amides is 1. The molecule has 0 spiro atoms. The number of nitrogens with zero attached hydrogens (tertiary/aromatic N) is 1. The first kappa shape index (κ1) is 66.6. The number of rotatable bonds is 12. The van der Waals surface area contributed by atoms with Gasteiger partial charge in [-0.05, 0) is 135 Å². The van der Waals surface area contributed by atoms with Crippen LogP contribution < -0.4 is 0 Å². The van der Waals surface area contributed by atoms with E-state index < -0.39 is 113 Å². The fourth-order valence-electron chi connectivity index (χ4n) is 11.4. The first-order chi connectivity index (χ1) is 36.6. The Morgan fingerprint density at radius 1 is 0.833 bits per heavy atom. The van der Waals surface area contributed by atoms with Crippen LogP contribution in [0.5, 0.6) is 0 Å². The molecular weight excluding hydrogens is 1000 g/mol. The zero-order valence-electron chi connectivity index (χ0n) is 49.7. The Morgan fingerprint density at radius 3 is 2.18 bits per heavy atom. The van der Waals surface area contributed by atoms with Gasteiger partial charge in [-0.2, -0.15) is 0 Å². The van der Waals surface area contributed by atoms with E-state index in [-0.39, 0.29) is 56.0 Å². The van der Waals surface area contributed by atoms with E-state index in [0.29, 0.717) is 69.8 Å². The average Bonchev–Trinajstić information content (AvgIpc) is 3.39. The minimum Gasteiger partial charge on any atom is -0.460 e. The maximum atomic E-state index is 14.7. The second kappa shape index (κ2) is 30.2. The predicted octanol–water partition coefficient (Wildman–Crippen LogP) is 8.20. The smallest absolute Gasteiger partial charge is 0.329 e. The SMILES string of the molecule is COCC(C)(COC(C)(C)C)C(=O)O[C@@H]1CCC(C[C@@H](C)[C@@H]2CC(=O)[C@H](C)/C=C(\C)[C@@H](O)[C@@H](OC)C(=O)[C@H](C)C[C@H](C)/C=C/C=C/C=C(\C)[C@@H](OC)C[C@@H]3CC[C@@H](C)[C@@](O)(O3)C(=O)C(=O)N3CCCC[C@H]3C(=O)O2)C[C@H]1OC. The molecule has 17 nitrogen and oxygen atoms in total. The van der Waals surface area contributed by atoms with Crippen molar-refractivity contribution in [1.82, 2.24) is 4.90 Å². The molecule has 2 unspecified atom stereocenters. The van der Waals surface area contributed by atoms with Crippen molar-refractivity contribution in [3.05, 3.63) is 47.6 Å². The molecule has 0 radical (unpaired) electrons. The number of esters is 2. The summed E-state index contributed by atoms with van der Waals surface area (Å²) in [5.74, 6) is -8.89. The second-order valence-corrected chi connectivity index (χ2v) is 24.4. The van der Waals surface area contributed by atoms with Crippen LogP contribution in [0.2, 0.25) is 0 Å². The van der Waals surface area contributed by atoms with Crippen molar-refractivity contribution in [2.45, 2.75) is 213 Å². The maximum Gasteiger partial charge on any atom is 0.329 e. The first-order valence-electron chi connectivity index (χ1n) is 28.5. The molecule has 2 bridgehead atoms. The summed E-state index contributed by atoms with van der Waals surface area (Å²) in [6, 6.07) is -1.19. The zero-order chi connectivity index (χ0) is 58.3. The number of carbonyl (C=O) groups excluding carboxylic acids is 6. The van der Waals surface area contributed by atoms with E-state index in [1.807, 2.05) is 78.8 Å². The van der Waals surface area contributed by atoms with Crippen LogP contribution in [0.15, 0.2) is 47.6 Å². The van der Waals surface area contributed by atoms with Crippen molar-refractivity contribution in [2.24, 2.45) is 40.9 Å². The minimum absolute atomic E-state index is 0.000830. The molecule has 16 atom stereocenters. The van der Waals surface area contributed by atoms with Crippen molar-refractivity contribution in [2.75, 3.05) is 48.2 Å². The summed E-state index contributed by atoms with van der Waals surface area (Å²) in [5, 5.41) is 23.6. The molecule has 3 aliphatic heterocycles. The Balaban J connectivity index is 1.68. The first-order valence-corrected chi connectivity index (χ1v) is 28.5. The molecule has 2 N–H and O–H groups in total. The fraction of sp³-hybridized carbons (Fsp3) is 0.770. The molecule has 17 heteroatoms. The Kier molecular flexibility index (Phi) is 25.8. The molecule has 1 amide bonds. The molecule has 3 fully saturated rings. The molecule has 4 rings (SSSR count). The van der Waals surface area contributed by atoms with Crippen LogP contribution in [0.4, 0.5) is 0 Å². The molecule has 0 aromatic rings. The number of carbonyl (C=O) groups is 6. The van der Waals surface area contributed by atoms with Crippen LogP contribution in [0.3, 0.4) is 0 Å². The monoisotopic (exact) mass is 1100 g/mol. The summed E-state index contributed by atoms with van der Waals surface area (Å²) < 4.78 is 47.6. The molecule has 0 aromatic carbocycles. The van der Waals surface area contributed by atoms with Gasteiger partial charge in [-0.3, -0.25) is 24.0 Å². The number of ketones is 3. The van der Waals surface area contributed by atoms with E-state index in [9.17, 15) is 39.0 Å². The highest BCUT2D eigenvalue weighted by atomic mass is 16.6. The summed E-state index contributed by atoms with van der Waals surface area (Å²) in [6.45, 7) is 20.3. The van der Waals surface area contributed by atoms with Gasteiger partial charge in [0.15, 0.2) is 5.78 Å². The van der Waals surface area contributed by atoms with E-state index in [1.54, 1.807) is 48.0 Å². The highest BCUT2D eigenvalue weighted by Crippen LogP contribution is 2.39. The summed E-state index contributed by atoms with van der Waals surface area (Å²) >= 11 is 0. The third kappa shape index (κ3) is 18.3. The van der Waals surface area contributed by atoms with Gasteiger partial charge < -0.3 is 53.0 Å². The lowest BCUT2D eigenvalue weighted by atomic mass is 9.78. The summed E-state index contributed by atoms with van der Waals surface area (Å²) in [6.07, 6.45) is 10.4. The Labute approximate surface area is 465 Å². The average molecular weight is 1100 g/mol. The van der Waals surface area contributed by atoms with E-state index in [4.69, 9.17) is 37.9 Å². The standard InChI is InChI=1S/C61H97NO16/c1-37-21-17-16-18-22-38(2)49(72-13)33-45-26-24-43(7)61(70,78-45)55(66)56(67)62-28-20-19-23-46(62)57(68)76-50(34-47(63)39(3)30-42(6)53(65)54(74-15)52(64)41(5)29-37)40(4)31-44-25-27-48(51(32-44)73-14)77-58(69)60(11,35-71-12)36-75-59(8,9)10/h16-18,21-22,30,37,39-41,43-46,48-51,53-54,65,70H,19-20,23-29,31-36H2,1-15H3/b18-16+,21-17+,38-22+,42-30+/t37-,39-,40-,41-,43-,44?,45+,46+,48-,49+,50+,51-,53-,54+,60?,61-/m1/s1. The van der Waals surface area contributed by atoms with Gasteiger partial charge in [0.05, 0.1) is 37.1 Å². The van der Waals surface area contributed by atoms with Gasteiger partial charge in [-0.25, -0.2) is 4.79 Å². The molecule has 2 saturated heterocycles. The number of hydrogen-bond acceptors (Lipinski definition) is 16. The van der Waals surface area contributed by atoms with Crippen LogP contribution in [0.25, 0.3) is 0 Å². The van der Waals surface area contributed by atoms with Crippen molar-refractivity contribution in [3.63, 3.8) is 0 Å². The number of methoxy groups -OCH3 is 4. The zero-order valence-corrected chi connectivity index (χ0v) is 49.7. The lowest BCUT2D eigenvalue weighted by Gasteiger charge is -2.42. The normalized spacial score (nSPS) is 36.7. The topological polar surface area (TPSA) is 220 Å². The number of aliphatic hydroxyl groups is 2. The Hall–Kier alpha value is -3.94. The summed E-state index contributed by atoms with van der Waals surface area (Å²) in [7, 11) is 6.04. The molecule has 1 aliphatic carbocycles. The number of hydrogen-bond donors (Lipinski definition) is 2. The number of Topliss-reactive ketones (excluding diaryl/α,β-unsaturated/α-hetero) is 3. The van der Waals surface area contributed by atoms with Crippen molar-refractivity contribution in [1.29, 1.82) is 0 Å². The molecule has 4 aliphatic rings. The van der Waals surface area contributed by atoms with Crippen LogP contribution in [0, 0.1) is 40.9 Å². The number of fused-ring (bicyclic) bond motifs is 3. The number of ether oxygens (including phenoxy) is 8. The van der Waals surface area contributed by atoms with Gasteiger partial charge in [0.2, 0.25) is 5.79 Å². The molecule has 0 aromatic heterocycles. The van der Waals surface area contributed by atoms with Gasteiger partial charge >= 0.3 is 11.9 Å². The second-order valence-electron chi connectivity index (χ2n) is 24.4. The quantitative estimate of drug-likeness (QED) is 0.107. The fourth-order valence-corrected chi connectivity index (χ4v) is 11.4. The van der Waals surface area contributed by atoms with E-state index in [0.717, 1.165) is 5.57 Å². The van der Waals surface area contributed by atoms with Gasteiger partial charge in [-0.1, -0.05) is 71.1 Å². The number of aliphatic hydroxyl groups excluding tert-OH is 1. The van der Waals surface area contributed by atoms with Crippen molar-refractivity contribution in [3.8, 4) is 0 Å². The van der Waals surface area contributed by atoms with Crippen molar-refractivity contribution < 1.29 is 76.9 Å². The third-order valence-corrected chi connectivity index (χ3v) is 16.5. The maximum absolute atomic E-state index is 14.7. The molecular formula is C61H97NO16. The highest BCUT2D eigenvalue weighted by Gasteiger charge is 2.53. The Bertz CT molecular complexity index is 2140. The number of cyclic esters (lactones) is 1. The van der Waals surface area contributed by atoms with Crippen LogP contribution in [-0.2, 0) is 66.7 Å². The summed E-state index contributed by atoms with van der Waals surface area (Å²) in [5.41, 5.74) is -0.328. The van der Waals surface area contributed by atoms with Gasteiger partial charge in [0.1, 0.15) is 41.7 Å². The van der Waals surface area contributed by atoms with Gasteiger partial charge in [0, 0.05) is 65.6 Å². The molecule has 442 valence electrons. The van der Waals surface area contributed by atoms with Gasteiger partial charge in [-0.15, -0.1) is 0 Å². The third-order valence-electron chi connectivity index (χ3n) is 16.5. The Morgan fingerprint density at radius 2 is 1.54 bits per heavy atom.